The Bertz CT molecular complexity index is 3480. The number of furan rings is 2. The molecule has 5 heteroatoms. The third kappa shape index (κ3) is 4.79. The van der Waals surface area contributed by atoms with Crippen LogP contribution in [-0.2, 0) is 0 Å². The third-order valence-corrected chi connectivity index (χ3v) is 12.5. The first-order valence-electron chi connectivity index (χ1n) is 20.2. The Kier molecular flexibility index (Phi) is 6.78. The van der Waals surface area contributed by atoms with Crippen molar-refractivity contribution < 1.29 is 8.83 Å². The van der Waals surface area contributed by atoms with Crippen LogP contribution in [0.4, 0.5) is 34.1 Å². The molecule has 13 rings (SSSR count). The van der Waals surface area contributed by atoms with E-state index in [0.717, 1.165) is 77.5 Å². The van der Waals surface area contributed by atoms with E-state index in [9.17, 15) is 0 Å². The second-order valence-corrected chi connectivity index (χ2v) is 15.6. The lowest BCUT2D eigenvalue weighted by molar-refractivity contribution is 0.668. The first kappa shape index (κ1) is 32.3. The molecule has 59 heavy (non-hydrogen) atoms. The van der Waals surface area contributed by atoms with Gasteiger partial charge in [0, 0.05) is 55.7 Å². The molecule has 9 aromatic carbocycles. The van der Waals surface area contributed by atoms with Crippen molar-refractivity contribution >= 4 is 101 Å². The minimum absolute atomic E-state index is 0.0216. The van der Waals surface area contributed by atoms with Crippen molar-refractivity contribution in [2.75, 3.05) is 9.80 Å². The van der Waals surface area contributed by atoms with E-state index in [1.165, 1.54) is 39.1 Å². The maximum Gasteiger partial charge on any atom is 0.252 e. The Morgan fingerprint density at radius 1 is 0.305 bits per heavy atom. The molecule has 0 unspecified atom stereocenters. The van der Waals surface area contributed by atoms with Gasteiger partial charge in [0.25, 0.3) is 6.71 Å². The second kappa shape index (κ2) is 12.4. The van der Waals surface area contributed by atoms with Crippen LogP contribution in [0, 0.1) is 0 Å². The molecular weight excluding hydrogens is 719 g/mol. The molecule has 4 heterocycles. The number of hydrogen-bond donors (Lipinski definition) is 0. The molecule has 2 aliphatic heterocycles. The largest absolute Gasteiger partial charge is 0.456 e. The van der Waals surface area contributed by atoms with Crippen LogP contribution in [-0.4, -0.2) is 6.71 Å². The predicted octanol–water partition coefficient (Wildman–Crippen LogP) is 12.9. The standard InChI is InChI=1S/C54H33BN2O2/c1-2-11-38(12-3-1)56-46-16-7-6-15-44(46)55-45-31-35(37-24-29-43-41-14-5-9-20-51(41)59-53(43)33-37)25-30-47(45)57(49-18-10-17-48(56)54(49)55)39-26-21-34(22-27-39)36-23-28-42-40-13-4-8-19-50(40)58-52(42)32-36/h1-33H. The van der Waals surface area contributed by atoms with Gasteiger partial charge in [0.2, 0.25) is 0 Å². The average molecular weight is 753 g/mol. The number of benzene rings is 9. The van der Waals surface area contributed by atoms with Gasteiger partial charge in [-0.1, -0.05) is 115 Å². The van der Waals surface area contributed by atoms with Crippen molar-refractivity contribution in [3.8, 4) is 22.3 Å². The lowest BCUT2D eigenvalue weighted by Gasteiger charge is -2.44. The Morgan fingerprint density at radius 3 is 1.46 bits per heavy atom. The number of rotatable bonds is 4. The Balaban J connectivity index is 0.994. The number of anilines is 6. The summed E-state index contributed by atoms with van der Waals surface area (Å²) in [5.74, 6) is 0. The van der Waals surface area contributed by atoms with Gasteiger partial charge in [0.05, 0.1) is 0 Å². The molecular formula is C54H33BN2O2. The molecule has 0 atom stereocenters. The molecule has 2 aliphatic rings. The topological polar surface area (TPSA) is 32.8 Å². The van der Waals surface area contributed by atoms with Gasteiger partial charge in [-0.3, -0.25) is 0 Å². The van der Waals surface area contributed by atoms with Gasteiger partial charge in [0.15, 0.2) is 0 Å². The lowest BCUT2D eigenvalue weighted by atomic mass is 9.33. The van der Waals surface area contributed by atoms with Crippen molar-refractivity contribution in [2.24, 2.45) is 0 Å². The van der Waals surface area contributed by atoms with Gasteiger partial charge in [0.1, 0.15) is 22.3 Å². The zero-order valence-corrected chi connectivity index (χ0v) is 31.8. The van der Waals surface area contributed by atoms with Crippen molar-refractivity contribution in [1.82, 2.24) is 0 Å². The zero-order chi connectivity index (χ0) is 38.6. The summed E-state index contributed by atoms with van der Waals surface area (Å²) < 4.78 is 12.6. The summed E-state index contributed by atoms with van der Waals surface area (Å²) >= 11 is 0. The molecule has 0 amide bonds. The summed E-state index contributed by atoms with van der Waals surface area (Å²) in [7, 11) is 0. The molecule has 0 aliphatic carbocycles. The van der Waals surface area contributed by atoms with Crippen LogP contribution in [0.5, 0.6) is 0 Å². The van der Waals surface area contributed by atoms with Crippen molar-refractivity contribution in [3.05, 3.63) is 200 Å². The van der Waals surface area contributed by atoms with Crippen molar-refractivity contribution in [2.45, 2.75) is 0 Å². The first-order valence-corrected chi connectivity index (χ1v) is 20.2. The number of hydrogen-bond acceptors (Lipinski definition) is 4. The molecule has 0 bridgehead atoms. The molecule has 0 saturated heterocycles. The predicted molar refractivity (Wildman–Crippen MR) is 246 cm³/mol. The van der Waals surface area contributed by atoms with Crippen LogP contribution >= 0.6 is 0 Å². The van der Waals surface area contributed by atoms with E-state index in [1.807, 2.05) is 24.3 Å². The van der Waals surface area contributed by atoms with E-state index in [1.54, 1.807) is 0 Å². The normalized spacial score (nSPS) is 13.0. The maximum absolute atomic E-state index is 6.37. The van der Waals surface area contributed by atoms with Gasteiger partial charge in [-0.25, -0.2) is 0 Å². The summed E-state index contributed by atoms with van der Waals surface area (Å²) in [5.41, 5.74) is 19.0. The van der Waals surface area contributed by atoms with E-state index in [0.29, 0.717) is 0 Å². The number of nitrogens with zero attached hydrogens (tertiary/aromatic N) is 2. The molecule has 4 nitrogen and oxygen atoms in total. The zero-order valence-electron chi connectivity index (χ0n) is 31.8. The van der Waals surface area contributed by atoms with Gasteiger partial charge < -0.3 is 18.6 Å². The van der Waals surface area contributed by atoms with Gasteiger partial charge in [-0.2, -0.15) is 0 Å². The molecule has 0 fully saturated rings. The first-order chi connectivity index (χ1) is 29.2. The van der Waals surface area contributed by atoms with Gasteiger partial charge in [-0.05, 0) is 124 Å². The van der Waals surface area contributed by atoms with Crippen LogP contribution < -0.4 is 26.2 Å². The van der Waals surface area contributed by atoms with Crippen LogP contribution in [0.1, 0.15) is 0 Å². The molecule has 274 valence electrons. The summed E-state index contributed by atoms with van der Waals surface area (Å²) in [6.45, 7) is 0.0216. The summed E-state index contributed by atoms with van der Waals surface area (Å²) in [5, 5.41) is 4.55. The summed E-state index contributed by atoms with van der Waals surface area (Å²) in [6, 6.07) is 72.2. The maximum atomic E-state index is 6.37. The fraction of sp³-hybridized carbons (Fsp3) is 0. The molecule has 2 aromatic heterocycles. The SMILES string of the molecule is c1ccc(N2c3ccccc3B3c4cc(-c5ccc6c(c5)oc5ccccc56)ccc4N(c4ccc(-c5ccc6c(c5)oc5ccccc56)cc4)c4cccc2c43)cc1. The molecule has 11 aromatic rings. The van der Waals surface area contributed by atoms with Crippen molar-refractivity contribution in [3.63, 3.8) is 0 Å². The minimum Gasteiger partial charge on any atom is -0.456 e. The van der Waals surface area contributed by atoms with E-state index in [-0.39, 0.29) is 6.71 Å². The quantitative estimate of drug-likeness (QED) is 0.168. The highest BCUT2D eigenvalue weighted by atomic mass is 16.3. The average Bonchev–Trinajstić information content (AvgIpc) is 3.87. The number of fused-ring (bicyclic) bond motifs is 10. The highest BCUT2D eigenvalue weighted by Crippen LogP contribution is 2.45. The third-order valence-electron chi connectivity index (χ3n) is 12.5. The summed E-state index contributed by atoms with van der Waals surface area (Å²) in [4.78, 5) is 4.89. The van der Waals surface area contributed by atoms with Crippen molar-refractivity contribution in [1.29, 1.82) is 0 Å². The van der Waals surface area contributed by atoms with Crippen LogP contribution in [0.3, 0.4) is 0 Å². The van der Waals surface area contributed by atoms with Crippen LogP contribution in [0.25, 0.3) is 66.1 Å². The molecule has 0 saturated carbocycles. The lowest BCUT2D eigenvalue weighted by Crippen LogP contribution is -2.61. The Hall–Kier alpha value is -7.76. The van der Waals surface area contributed by atoms with Gasteiger partial charge in [-0.15, -0.1) is 0 Å². The molecule has 0 spiro atoms. The minimum atomic E-state index is 0.0216. The Labute approximate surface area is 340 Å². The second-order valence-electron chi connectivity index (χ2n) is 15.6. The number of para-hydroxylation sites is 4. The fourth-order valence-electron chi connectivity index (χ4n) is 9.82. The highest BCUT2D eigenvalue weighted by Gasteiger charge is 2.43. The monoisotopic (exact) mass is 752 g/mol. The summed E-state index contributed by atoms with van der Waals surface area (Å²) in [6.07, 6.45) is 0. The fourth-order valence-corrected chi connectivity index (χ4v) is 9.82. The Morgan fingerprint density at radius 2 is 0.780 bits per heavy atom. The smallest absolute Gasteiger partial charge is 0.252 e. The van der Waals surface area contributed by atoms with E-state index >= 15 is 0 Å². The van der Waals surface area contributed by atoms with Crippen LogP contribution in [0.15, 0.2) is 209 Å². The molecule has 0 radical (unpaired) electrons. The van der Waals surface area contributed by atoms with Gasteiger partial charge >= 0.3 is 0 Å². The van der Waals surface area contributed by atoms with Crippen LogP contribution in [0.2, 0.25) is 0 Å². The highest BCUT2D eigenvalue weighted by molar-refractivity contribution is 7.00. The van der Waals surface area contributed by atoms with E-state index in [2.05, 4.69) is 186 Å². The van der Waals surface area contributed by atoms with E-state index in [4.69, 9.17) is 8.83 Å². The van der Waals surface area contributed by atoms with E-state index < -0.39 is 0 Å². The molecule has 0 N–H and O–H groups in total.